The van der Waals surface area contributed by atoms with Crippen LogP contribution in [0.1, 0.15) is 33.6 Å². The van der Waals surface area contributed by atoms with Gasteiger partial charge in [-0.2, -0.15) is 0 Å². The van der Waals surface area contributed by atoms with Gasteiger partial charge in [0, 0.05) is 26.4 Å². The van der Waals surface area contributed by atoms with Crippen LogP contribution in [0.4, 0.5) is 0 Å². The van der Waals surface area contributed by atoms with Crippen LogP contribution in [-0.2, 0) is 18.9 Å². The van der Waals surface area contributed by atoms with E-state index < -0.39 is 0 Å². The second kappa shape index (κ2) is 8.01. The molecule has 0 aromatic carbocycles. The van der Waals surface area contributed by atoms with E-state index in [2.05, 4.69) is 0 Å². The molecule has 0 amide bonds. The van der Waals surface area contributed by atoms with Crippen molar-refractivity contribution in [2.45, 2.75) is 46.2 Å². The maximum absolute atomic E-state index is 5.62. The quantitative estimate of drug-likeness (QED) is 0.630. The molecule has 2 atom stereocenters. The highest BCUT2D eigenvalue weighted by molar-refractivity contribution is 4.72. The number of hydrogen-bond donors (Lipinski definition) is 0. The third kappa shape index (κ3) is 4.01. The van der Waals surface area contributed by atoms with Gasteiger partial charge < -0.3 is 18.9 Å². The molecule has 0 saturated carbocycles. The van der Waals surface area contributed by atoms with Crippen LogP contribution in [0.3, 0.4) is 0 Å². The molecule has 0 radical (unpaired) electrons. The van der Waals surface area contributed by atoms with Gasteiger partial charge in [-0.3, -0.25) is 0 Å². The molecule has 0 spiro atoms. The Hall–Kier alpha value is -0.160. The van der Waals surface area contributed by atoms with Crippen LogP contribution in [0.15, 0.2) is 0 Å². The fraction of sp³-hybridized carbons (Fsp3) is 1.00. The Morgan fingerprint density at radius 3 is 2.38 bits per heavy atom. The second-order valence-electron chi connectivity index (χ2n) is 3.78. The van der Waals surface area contributed by atoms with E-state index in [1.54, 1.807) is 0 Å². The summed E-state index contributed by atoms with van der Waals surface area (Å²) in [5, 5.41) is 0. The largest absolute Gasteiger partial charge is 0.352 e. The molecule has 4 nitrogen and oxygen atoms in total. The van der Waals surface area contributed by atoms with Crippen LogP contribution < -0.4 is 0 Å². The van der Waals surface area contributed by atoms with Crippen molar-refractivity contribution >= 4 is 0 Å². The van der Waals surface area contributed by atoms with E-state index in [4.69, 9.17) is 18.9 Å². The van der Waals surface area contributed by atoms with Gasteiger partial charge in [0.15, 0.2) is 12.6 Å². The van der Waals surface area contributed by atoms with Crippen molar-refractivity contribution in [2.24, 2.45) is 5.92 Å². The normalized spacial score (nSPS) is 26.2. The second-order valence-corrected chi connectivity index (χ2v) is 3.78. The van der Waals surface area contributed by atoms with E-state index in [1.165, 1.54) is 0 Å². The molecular formula is C12H24O4. The maximum Gasteiger partial charge on any atom is 0.165 e. The third-order valence-corrected chi connectivity index (χ3v) is 2.66. The van der Waals surface area contributed by atoms with Gasteiger partial charge in [0.25, 0.3) is 0 Å². The first-order chi connectivity index (χ1) is 7.83. The maximum atomic E-state index is 5.62. The Balaban J connectivity index is 2.54. The highest BCUT2D eigenvalue weighted by Gasteiger charge is 2.34. The van der Waals surface area contributed by atoms with Crippen molar-refractivity contribution in [3.05, 3.63) is 0 Å². The van der Waals surface area contributed by atoms with E-state index in [9.17, 15) is 0 Å². The van der Waals surface area contributed by atoms with Crippen LogP contribution >= 0.6 is 0 Å². The minimum Gasteiger partial charge on any atom is -0.352 e. The summed E-state index contributed by atoms with van der Waals surface area (Å²) in [6.07, 6.45) is 1.70. The zero-order chi connectivity index (χ0) is 11.8. The fourth-order valence-corrected chi connectivity index (χ4v) is 2.00. The lowest BCUT2D eigenvalue weighted by Gasteiger charge is -2.35. The predicted molar refractivity (Wildman–Crippen MR) is 61.1 cm³/mol. The van der Waals surface area contributed by atoms with Crippen LogP contribution in [0.5, 0.6) is 0 Å². The van der Waals surface area contributed by atoms with Crippen molar-refractivity contribution in [3.8, 4) is 0 Å². The highest BCUT2D eigenvalue weighted by atomic mass is 16.7. The molecule has 1 heterocycles. The van der Waals surface area contributed by atoms with Gasteiger partial charge in [0.05, 0.1) is 5.92 Å². The van der Waals surface area contributed by atoms with Gasteiger partial charge in [-0.25, -0.2) is 0 Å². The van der Waals surface area contributed by atoms with E-state index in [-0.39, 0.29) is 18.5 Å². The van der Waals surface area contributed by atoms with Crippen molar-refractivity contribution < 1.29 is 18.9 Å². The summed E-state index contributed by atoms with van der Waals surface area (Å²) in [6, 6.07) is 0. The zero-order valence-corrected chi connectivity index (χ0v) is 10.6. The summed E-state index contributed by atoms with van der Waals surface area (Å²) in [7, 11) is 0. The summed E-state index contributed by atoms with van der Waals surface area (Å²) < 4.78 is 22.4. The first-order valence-electron chi connectivity index (χ1n) is 6.29. The van der Waals surface area contributed by atoms with Gasteiger partial charge in [-0.05, 0) is 33.6 Å². The molecule has 4 heteroatoms. The Bertz CT molecular complexity index is 166. The first-order valence-corrected chi connectivity index (χ1v) is 6.29. The van der Waals surface area contributed by atoms with Crippen molar-refractivity contribution in [3.63, 3.8) is 0 Å². The zero-order valence-electron chi connectivity index (χ0n) is 10.6. The molecule has 1 fully saturated rings. The first kappa shape index (κ1) is 13.9. The minimum absolute atomic E-state index is 0.179. The SMILES string of the molecule is CCOC(OCC)[C@H]1CCCO[C@@H]1OCC. The average Bonchev–Trinajstić information content (AvgIpc) is 2.30. The van der Waals surface area contributed by atoms with E-state index >= 15 is 0 Å². The lowest BCUT2D eigenvalue weighted by atomic mass is 9.99. The Kier molecular flexibility index (Phi) is 6.96. The van der Waals surface area contributed by atoms with E-state index in [1.807, 2.05) is 20.8 Å². The summed E-state index contributed by atoms with van der Waals surface area (Å²) in [5.74, 6) is 0.189. The predicted octanol–water partition coefficient (Wildman–Crippen LogP) is 2.17. The van der Waals surface area contributed by atoms with Crippen LogP contribution in [-0.4, -0.2) is 39.0 Å². The van der Waals surface area contributed by atoms with Gasteiger partial charge in [0.1, 0.15) is 0 Å². The lowest BCUT2D eigenvalue weighted by Crippen LogP contribution is -2.42. The molecule has 16 heavy (non-hydrogen) atoms. The molecule has 0 unspecified atom stereocenters. The number of ether oxygens (including phenoxy) is 4. The average molecular weight is 232 g/mol. The molecular weight excluding hydrogens is 208 g/mol. The summed E-state index contributed by atoms with van der Waals surface area (Å²) >= 11 is 0. The smallest absolute Gasteiger partial charge is 0.165 e. The van der Waals surface area contributed by atoms with Gasteiger partial charge in [0.2, 0.25) is 0 Å². The van der Waals surface area contributed by atoms with Crippen LogP contribution in [0, 0.1) is 5.92 Å². The Morgan fingerprint density at radius 2 is 1.81 bits per heavy atom. The third-order valence-electron chi connectivity index (χ3n) is 2.66. The molecule has 0 N–H and O–H groups in total. The molecule has 0 aliphatic carbocycles. The van der Waals surface area contributed by atoms with Gasteiger partial charge >= 0.3 is 0 Å². The minimum atomic E-state index is -0.202. The van der Waals surface area contributed by atoms with Crippen molar-refractivity contribution in [2.75, 3.05) is 26.4 Å². The molecule has 96 valence electrons. The highest BCUT2D eigenvalue weighted by Crippen LogP contribution is 2.27. The molecule has 0 aromatic heterocycles. The number of hydrogen-bond acceptors (Lipinski definition) is 4. The van der Waals surface area contributed by atoms with E-state index in [0.717, 1.165) is 19.4 Å². The summed E-state index contributed by atoms with van der Waals surface area (Å²) in [6.45, 7) is 8.67. The fourth-order valence-electron chi connectivity index (χ4n) is 2.00. The Labute approximate surface area is 98.2 Å². The monoisotopic (exact) mass is 232 g/mol. The summed E-state index contributed by atoms with van der Waals surface area (Å²) in [4.78, 5) is 0. The summed E-state index contributed by atoms with van der Waals surface area (Å²) in [5.41, 5.74) is 0. The lowest BCUT2D eigenvalue weighted by molar-refractivity contribution is -0.263. The van der Waals surface area contributed by atoms with Crippen molar-refractivity contribution in [1.29, 1.82) is 0 Å². The Morgan fingerprint density at radius 1 is 1.12 bits per heavy atom. The molecule has 1 rings (SSSR count). The van der Waals surface area contributed by atoms with Gasteiger partial charge in [-0.1, -0.05) is 0 Å². The molecule has 1 aliphatic rings. The molecule has 1 aliphatic heterocycles. The number of rotatable bonds is 7. The molecule has 0 aromatic rings. The van der Waals surface area contributed by atoms with Crippen molar-refractivity contribution in [1.82, 2.24) is 0 Å². The van der Waals surface area contributed by atoms with E-state index in [0.29, 0.717) is 19.8 Å². The standard InChI is InChI=1S/C12H24O4/c1-4-13-11(14-5-2)10-8-7-9-16-12(10)15-6-3/h10-12H,4-9H2,1-3H3/t10-,12+/m1/s1. The van der Waals surface area contributed by atoms with Crippen LogP contribution in [0.2, 0.25) is 0 Å². The topological polar surface area (TPSA) is 36.9 Å². The van der Waals surface area contributed by atoms with Gasteiger partial charge in [-0.15, -0.1) is 0 Å². The molecule has 0 bridgehead atoms. The van der Waals surface area contributed by atoms with Crippen LogP contribution in [0.25, 0.3) is 0 Å². The molecule has 1 saturated heterocycles.